The van der Waals surface area contributed by atoms with Gasteiger partial charge in [0.15, 0.2) is 0 Å². The van der Waals surface area contributed by atoms with E-state index >= 15 is 0 Å². The van der Waals surface area contributed by atoms with Gasteiger partial charge in [-0.15, -0.1) is 0 Å². The fourth-order valence-corrected chi connectivity index (χ4v) is 1.33. The van der Waals surface area contributed by atoms with Crippen LogP contribution in [-0.4, -0.2) is 6.54 Å². The van der Waals surface area contributed by atoms with Gasteiger partial charge in [-0.25, -0.2) is 0 Å². The molecule has 0 bridgehead atoms. The third kappa shape index (κ3) is 3.00. The van der Waals surface area contributed by atoms with Crippen LogP contribution in [0.15, 0.2) is 35.9 Å². The number of benzene rings is 1. The molecule has 1 aromatic rings. The highest BCUT2D eigenvalue weighted by Gasteiger charge is 2.14. The Labute approximate surface area is 86.6 Å². The Morgan fingerprint density at radius 1 is 1.21 bits per heavy atom. The summed E-state index contributed by atoms with van der Waals surface area (Å²) in [6.45, 7) is 7.19. The van der Waals surface area contributed by atoms with E-state index in [4.69, 9.17) is 5.73 Å². The highest BCUT2D eigenvalue weighted by molar-refractivity contribution is 5.54. The second-order valence-electron chi connectivity index (χ2n) is 4.53. The smallest absolute Gasteiger partial charge is 0.0145 e. The van der Waals surface area contributed by atoms with Gasteiger partial charge in [0.1, 0.15) is 0 Å². The summed E-state index contributed by atoms with van der Waals surface area (Å²) in [5.74, 6) is 0. The lowest BCUT2D eigenvalue weighted by Crippen LogP contribution is -2.17. The fraction of sp³-hybridized carbons (Fsp3) is 0.385. The maximum Gasteiger partial charge on any atom is 0.0145 e. The number of hydrogen-bond donors (Lipinski definition) is 1. The first-order valence-electron chi connectivity index (χ1n) is 5.00. The van der Waals surface area contributed by atoms with E-state index in [2.05, 4.69) is 39.0 Å². The van der Waals surface area contributed by atoms with E-state index in [0.717, 1.165) is 0 Å². The van der Waals surface area contributed by atoms with E-state index in [9.17, 15) is 0 Å². The van der Waals surface area contributed by atoms with Crippen molar-refractivity contribution in [1.29, 1.82) is 0 Å². The average Bonchev–Trinajstić information content (AvgIpc) is 2.14. The summed E-state index contributed by atoms with van der Waals surface area (Å²) in [5.41, 5.74) is 8.40. The molecule has 0 aliphatic rings. The van der Waals surface area contributed by atoms with E-state index in [0.29, 0.717) is 6.54 Å². The summed E-state index contributed by atoms with van der Waals surface area (Å²) in [4.78, 5) is 0. The third-order valence-electron chi connectivity index (χ3n) is 2.32. The van der Waals surface area contributed by atoms with Crippen molar-refractivity contribution in [3.63, 3.8) is 0 Å². The van der Waals surface area contributed by atoms with E-state index in [1.54, 1.807) is 0 Å². The van der Waals surface area contributed by atoms with Gasteiger partial charge >= 0.3 is 0 Å². The molecule has 0 saturated carbocycles. The minimum atomic E-state index is 0.157. The van der Waals surface area contributed by atoms with E-state index < -0.39 is 0 Å². The molecule has 0 aliphatic heterocycles. The zero-order valence-corrected chi connectivity index (χ0v) is 9.25. The molecule has 0 aromatic heterocycles. The van der Waals surface area contributed by atoms with Crippen LogP contribution in [-0.2, 0) is 0 Å². The summed E-state index contributed by atoms with van der Waals surface area (Å²) in [7, 11) is 0. The Balaban J connectivity index is 2.96. The largest absolute Gasteiger partial charge is 0.327 e. The predicted octanol–water partition coefficient (Wildman–Crippen LogP) is 3.07. The quantitative estimate of drug-likeness (QED) is 0.760. The van der Waals surface area contributed by atoms with Crippen LogP contribution in [0.4, 0.5) is 0 Å². The number of nitrogens with two attached hydrogens (primary N) is 1. The Morgan fingerprint density at radius 3 is 2.21 bits per heavy atom. The molecule has 14 heavy (non-hydrogen) atoms. The van der Waals surface area contributed by atoms with Crippen LogP contribution in [0.5, 0.6) is 0 Å². The maximum absolute atomic E-state index is 5.74. The molecule has 1 heteroatoms. The van der Waals surface area contributed by atoms with Crippen LogP contribution in [0.1, 0.15) is 26.3 Å². The van der Waals surface area contributed by atoms with Crippen LogP contribution in [0.2, 0.25) is 0 Å². The van der Waals surface area contributed by atoms with Crippen molar-refractivity contribution in [2.45, 2.75) is 20.8 Å². The molecular formula is C13H19N. The molecule has 0 radical (unpaired) electrons. The highest BCUT2D eigenvalue weighted by Crippen LogP contribution is 2.25. The van der Waals surface area contributed by atoms with Gasteiger partial charge in [-0.2, -0.15) is 0 Å². The summed E-state index contributed by atoms with van der Waals surface area (Å²) < 4.78 is 0. The first kappa shape index (κ1) is 11.0. The average molecular weight is 189 g/mol. The molecule has 0 atom stereocenters. The van der Waals surface area contributed by atoms with Gasteiger partial charge in [-0.1, -0.05) is 62.8 Å². The van der Waals surface area contributed by atoms with Gasteiger partial charge in [-0.05, 0) is 11.0 Å². The first-order valence-corrected chi connectivity index (χ1v) is 5.00. The summed E-state index contributed by atoms with van der Waals surface area (Å²) in [5, 5.41) is 0. The molecule has 0 spiro atoms. The van der Waals surface area contributed by atoms with Crippen LogP contribution >= 0.6 is 0 Å². The Kier molecular flexibility index (Phi) is 3.48. The van der Waals surface area contributed by atoms with Gasteiger partial charge < -0.3 is 5.73 Å². The molecule has 0 aliphatic carbocycles. The molecule has 1 aromatic carbocycles. The monoisotopic (exact) mass is 189 g/mol. The van der Waals surface area contributed by atoms with Crippen molar-refractivity contribution in [1.82, 2.24) is 0 Å². The van der Waals surface area contributed by atoms with E-state index in [1.165, 1.54) is 11.1 Å². The molecule has 0 saturated heterocycles. The normalized spacial score (nSPS) is 13.0. The topological polar surface area (TPSA) is 26.0 Å². The summed E-state index contributed by atoms with van der Waals surface area (Å²) in [6.07, 6.45) is 2.18. The lowest BCUT2D eigenvalue weighted by atomic mass is 9.85. The minimum absolute atomic E-state index is 0.157. The standard InChI is InChI=1S/C13H19N/c1-13(2,3)12(10-14)9-11-7-5-4-6-8-11/h4-9H,10,14H2,1-3H3. The minimum Gasteiger partial charge on any atom is -0.327 e. The van der Waals surface area contributed by atoms with Crippen LogP contribution < -0.4 is 5.73 Å². The zero-order chi connectivity index (χ0) is 10.6. The van der Waals surface area contributed by atoms with Gasteiger partial charge in [0.05, 0.1) is 0 Å². The maximum atomic E-state index is 5.74. The first-order chi connectivity index (χ1) is 6.54. The Bertz CT molecular complexity index is 304. The van der Waals surface area contributed by atoms with Gasteiger partial charge in [0.2, 0.25) is 0 Å². The molecule has 1 nitrogen and oxygen atoms in total. The Hall–Kier alpha value is -1.08. The molecular weight excluding hydrogens is 170 g/mol. The summed E-state index contributed by atoms with van der Waals surface area (Å²) in [6, 6.07) is 10.3. The molecule has 0 unspecified atom stereocenters. The SMILES string of the molecule is CC(C)(C)C(=Cc1ccccc1)CN. The van der Waals surface area contributed by atoms with E-state index in [1.807, 2.05) is 18.2 Å². The molecule has 76 valence electrons. The van der Waals surface area contributed by atoms with Crippen molar-refractivity contribution in [3.8, 4) is 0 Å². The van der Waals surface area contributed by atoms with Crippen molar-refractivity contribution in [2.75, 3.05) is 6.54 Å². The van der Waals surface area contributed by atoms with Crippen LogP contribution in [0.3, 0.4) is 0 Å². The second kappa shape index (κ2) is 4.43. The van der Waals surface area contributed by atoms with E-state index in [-0.39, 0.29) is 5.41 Å². The molecule has 0 fully saturated rings. The zero-order valence-electron chi connectivity index (χ0n) is 9.25. The van der Waals surface area contributed by atoms with Crippen molar-refractivity contribution < 1.29 is 0 Å². The predicted molar refractivity (Wildman–Crippen MR) is 62.9 cm³/mol. The lowest BCUT2D eigenvalue weighted by molar-refractivity contribution is 0.499. The van der Waals surface area contributed by atoms with Crippen LogP contribution in [0, 0.1) is 5.41 Å². The number of hydrogen-bond acceptors (Lipinski definition) is 1. The van der Waals surface area contributed by atoms with Crippen molar-refractivity contribution in [2.24, 2.45) is 11.1 Å². The second-order valence-corrected chi connectivity index (χ2v) is 4.53. The number of rotatable bonds is 2. The Morgan fingerprint density at radius 2 is 1.79 bits per heavy atom. The lowest BCUT2D eigenvalue weighted by Gasteiger charge is -2.21. The fourth-order valence-electron chi connectivity index (χ4n) is 1.33. The van der Waals surface area contributed by atoms with Gasteiger partial charge in [-0.3, -0.25) is 0 Å². The molecule has 0 heterocycles. The molecule has 2 N–H and O–H groups in total. The third-order valence-corrected chi connectivity index (χ3v) is 2.32. The summed E-state index contributed by atoms with van der Waals surface area (Å²) >= 11 is 0. The van der Waals surface area contributed by atoms with Crippen LogP contribution in [0.25, 0.3) is 6.08 Å². The van der Waals surface area contributed by atoms with Crippen molar-refractivity contribution in [3.05, 3.63) is 41.5 Å². The highest BCUT2D eigenvalue weighted by atomic mass is 14.5. The van der Waals surface area contributed by atoms with Crippen molar-refractivity contribution >= 4 is 6.08 Å². The van der Waals surface area contributed by atoms with Gasteiger partial charge in [0.25, 0.3) is 0 Å². The molecule has 0 amide bonds. The molecule has 1 rings (SSSR count). The van der Waals surface area contributed by atoms with Gasteiger partial charge in [0, 0.05) is 6.54 Å².